The van der Waals surface area contributed by atoms with Crippen molar-refractivity contribution in [3.8, 4) is 0 Å². The van der Waals surface area contributed by atoms with Crippen molar-refractivity contribution >= 4 is 5.97 Å². The summed E-state index contributed by atoms with van der Waals surface area (Å²) in [6, 6.07) is 0. The van der Waals surface area contributed by atoms with E-state index in [9.17, 15) is 4.79 Å². The largest absolute Gasteiger partial charge is 0.463 e. The third-order valence-corrected chi connectivity index (χ3v) is 2.24. The Morgan fingerprint density at radius 1 is 1.12 bits per heavy atom. The highest BCUT2D eigenvalue weighted by atomic mass is 16.6. The molecule has 1 aliphatic rings. The van der Waals surface area contributed by atoms with E-state index in [2.05, 4.69) is 4.90 Å². The number of ether oxygens (including phenoxy) is 3. The molecule has 1 heterocycles. The van der Waals surface area contributed by atoms with Crippen LogP contribution in [0.5, 0.6) is 0 Å². The van der Waals surface area contributed by atoms with Gasteiger partial charge < -0.3 is 14.2 Å². The molecule has 0 atom stereocenters. The lowest BCUT2D eigenvalue weighted by molar-refractivity contribution is -0.146. The van der Waals surface area contributed by atoms with Gasteiger partial charge in [0, 0.05) is 26.2 Å². The van der Waals surface area contributed by atoms with Crippen molar-refractivity contribution in [1.29, 1.82) is 0 Å². The molecule has 0 saturated carbocycles. The van der Waals surface area contributed by atoms with E-state index < -0.39 is 0 Å². The minimum Gasteiger partial charge on any atom is -0.463 e. The van der Waals surface area contributed by atoms with Gasteiger partial charge in [-0.1, -0.05) is 0 Å². The zero-order chi connectivity index (χ0) is 11.6. The second kappa shape index (κ2) is 8.50. The molecule has 0 unspecified atom stereocenters. The van der Waals surface area contributed by atoms with E-state index in [0.717, 1.165) is 6.54 Å². The number of hydrogen-bond acceptors (Lipinski definition) is 5. The van der Waals surface area contributed by atoms with E-state index in [1.807, 2.05) is 6.92 Å². The summed E-state index contributed by atoms with van der Waals surface area (Å²) in [5.41, 5.74) is 0. The Labute approximate surface area is 96.6 Å². The monoisotopic (exact) mass is 231 g/mol. The van der Waals surface area contributed by atoms with Crippen LogP contribution in [0, 0.1) is 0 Å². The van der Waals surface area contributed by atoms with E-state index in [-0.39, 0.29) is 5.97 Å². The predicted molar refractivity (Wildman–Crippen MR) is 59.3 cm³/mol. The summed E-state index contributed by atoms with van der Waals surface area (Å²) in [6.45, 7) is 7.85. The normalized spacial score (nSPS) is 15.1. The zero-order valence-corrected chi connectivity index (χ0v) is 9.94. The van der Waals surface area contributed by atoms with Crippen LogP contribution in [0.15, 0.2) is 0 Å². The van der Waals surface area contributed by atoms with Gasteiger partial charge in [0.1, 0.15) is 6.61 Å². The molecule has 1 rings (SSSR count). The van der Waals surface area contributed by atoms with Crippen molar-refractivity contribution in [3.05, 3.63) is 0 Å². The molecule has 5 heteroatoms. The molecule has 0 aromatic rings. The lowest BCUT2D eigenvalue weighted by atomic mass is 10.4. The first-order valence-corrected chi connectivity index (χ1v) is 5.86. The maximum Gasteiger partial charge on any atom is 0.308 e. The third-order valence-electron chi connectivity index (χ3n) is 2.24. The lowest BCUT2D eigenvalue weighted by Gasteiger charge is -2.06. The van der Waals surface area contributed by atoms with Gasteiger partial charge in [-0.25, -0.2) is 0 Å². The van der Waals surface area contributed by atoms with Gasteiger partial charge in [0.15, 0.2) is 0 Å². The van der Waals surface area contributed by atoms with E-state index in [0.29, 0.717) is 39.5 Å². The summed E-state index contributed by atoms with van der Waals surface area (Å²) in [7, 11) is 0. The molecule has 0 aromatic heterocycles. The molecule has 1 saturated heterocycles. The number of esters is 1. The Morgan fingerprint density at radius 2 is 1.94 bits per heavy atom. The number of rotatable bonds is 10. The minimum atomic E-state index is -0.216. The zero-order valence-electron chi connectivity index (χ0n) is 9.94. The molecule has 0 aromatic carbocycles. The highest BCUT2D eigenvalue weighted by Gasteiger charge is 2.15. The van der Waals surface area contributed by atoms with Crippen molar-refractivity contribution in [2.45, 2.75) is 13.3 Å². The molecule has 0 spiro atoms. The molecule has 0 radical (unpaired) electrons. The van der Waals surface area contributed by atoms with Crippen LogP contribution >= 0.6 is 0 Å². The topological polar surface area (TPSA) is 47.8 Å². The van der Waals surface area contributed by atoms with Crippen LogP contribution in [-0.4, -0.2) is 63.5 Å². The predicted octanol–water partition coefficient (Wildman–Crippen LogP) is 0.288. The molecule has 1 fully saturated rings. The van der Waals surface area contributed by atoms with Gasteiger partial charge in [0.25, 0.3) is 0 Å². The second-order valence-electron chi connectivity index (χ2n) is 3.62. The molecular weight excluding hydrogens is 210 g/mol. The summed E-state index contributed by atoms with van der Waals surface area (Å²) >= 11 is 0. The number of nitrogens with zero attached hydrogens (tertiary/aromatic N) is 1. The fourth-order valence-corrected chi connectivity index (χ4v) is 1.18. The fourth-order valence-electron chi connectivity index (χ4n) is 1.18. The van der Waals surface area contributed by atoms with E-state index in [4.69, 9.17) is 14.2 Å². The minimum absolute atomic E-state index is 0.216. The summed E-state index contributed by atoms with van der Waals surface area (Å²) in [4.78, 5) is 13.4. The van der Waals surface area contributed by atoms with Gasteiger partial charge in [0.05, 0.1) is 26.2 Å². The van der Waals surface area contributed by atoms with E-state index in [1.54, 1.807) is 0 Å². The Kier molecular flexibility index (Phi) is 7.12. The highest BCUT2D eigenvalue weighted by Crippen LogP contribution is 2.01. The summed E-state index contributed by atoms with van der Waals surface area (Å²) in [5.74, 6) is -0.216. The average Bonchev–Trinajstić information content (AvgIpc) is 3.08. The van der Waals surface area contributed by atoms with Crippen molar-refractivity contribution in [2.75, 3.05) is 52.7 Å². The molecular formula is C11H21NO4. The van der Waals surface area contributed by atoms with Gasteiger partial charge in [-0.05, 0) is 6.92 Å². The summed E-state index contributed by atoms with van der Waals surface area (Å²) in [6.07, 6.45) is 0.326. The number of carbonyl (C=O) groups is 1. The lowest BCUT2D eigenvalue weighted by Crippen LogP contribution is -2.14. The number of carbonyl (C=O) groups excluding carboxylic acids is 1. The molecule has 0 bridgehead atoms. The van der Waals surface area contributed by atoms with Crippen molar-refractivity contribution in [2.24, 2.45) is 0 Å². The first-order valence-electron chi connectivity index (χ1n) is 5.86. The van der Waals surface area contributed by atoms with Gasteiger partial charge in [0.2, 0.25) is 0 Å². The standard InChI is InChI=1S/C11H21NO4/c1-2-14-9-10-16-11(13)3-7-15-8-6-12-4-5-12/h2-10H2,1H3. The molecule has 0 aliphatic carbocycles. The van der Waals surface area contributed by atoms with Gasteiger partial charge in [-0.2, -0.15) is 0 Å². The molecule has 5 nitrogen and oxygen atoms in total. The molecule has 0 N–H and O–H groups in total. The van der Waals surface area contributed by atoms with Crippen molar-refractivity contribution in [1.82, 2.24) is 4.90 Å². The van der Waals surface area contributed by atoms with Crippen LogP contribution in [0.3, 0.4) is 0 Å². The smallest absolute Gasteiger partial charge is 0.308 e. The van der Waals surface area contributed by atoms with E-state index >= 15 is 0 Å². The van der Waals surface area contributed by atoms with Crippen LogP contribution in [-0.2, 0) is 19.0 Å². The molecule has 94 valence electrons. The average molecular weight is 231 g/mol. The van der Waals surface area contributed by atoms with Gasteiger partial charge in [-0.3, -0.25) is 9.69 Å². The van der Waals surface area contributed by atoms with Gasteiger partial charge >= 0.3 is 5.97 Å². The van der Waals surface area contributed by atoms with Crippen LogP contribution in [0.1, 0.15) is 13.3 Å². The molecule has 0 amide bonds. The first-order chi connectivity index (χ1) is 7.83. The first kappa shape index (κ1) is 13.4. The molecule has 16 heavy (non-hydrogen) atoms. The van der Waals surface area contributed by atoms with Crippen LogP contribution in [0.4, 0.5) is 0 Å². The molecule has 1 aliphatic heterocycles. The van der Waals surface area contributed by atoms with Crippen molar-refractivity contribution in [3.63, 3.8) is 0 Å². The van der Waals surface area contributed by atoms with Gasteiger partial charge in [-0.15, -0.1) is 0 Å². The maximum atomic E-state index is 11.1. The van der Waals surface area contributed by atoms with Crippen LogP contribution in [0.25, 0.3) is 0 Å². The fraction of sp³-hybridized carbons (Fsp3) is 0.909. The summed E-state index contributed by atoms with van der Waals surface area (Å²) in [5, 5.41) is 0. The quantitative estimate of drug-likeness (QED) is 0.307. The SMILES string of the molecule is CCOCCOC(=O)CCOCCN1CC1. The number of hydrogen-bond donors (Lipinski definition) is 0. The third kappa shape index (κ3) is 7.62. The second-order valence-corrected chi connectivity index (χ2v) is 3.62. The Morgan fingerprint density at radius 3 is 2.62 bits per heavy atom. The Bertz CT molecular complexity index is 194. The summed E-state index contributed by atoms with van der Waals surface area (Å²) < 4.78 is 15.3. The van der Waals surface area contributed by atoms with Crippen LogP contribution in [0.2, 0.25) is 0 Å². The Balaban J connectivity index is 1.77. The Hall–Kier alpha value is -0.650. The maximum absolute atomic E-state index is 11.1. The van der Waals surface area contributed by atoms with Crippen LogP contribution < -0.4 is 0 Å². The van der Waals surface area contributed by atoms with E-state index in [1.165, 1.54) is 13.1 Å². The van der Waals surface area contributed by atoms with Crippen molar-refractivity contribution < 1.29 is 19.0 Å². The highest BCUT2D eigenvalue weighted by molar-refractivity contribution is 5.69.